The van der Waals surface area contributed by atoms with Gasteiger partial charge in [-0.05, 0) is 34.9 Å². The van der Waals surface area contributed by atoms with Crippen molar-refractivity contribution in [1.82, 2.24) is 4.90 Å². The van der Waals surface area contributed by atoms with E-state index in [-0.39, 0.29) is 24.2 Å². The smallest absolute Gasteiger partial charge is 0.347 e. The maximum absolute atomic E-state index is 14.4. The van der Waals surface area contributed by atoms with E-state index in [0.717, 1.165) is 12.1 Å². The van der Waals surface area contributed by atoms with Crippen molar-refractivity contribution in [2.24, 2.45) is 16.5 Å². The molecule has 0 spiro atoms. The average Bonchev–Trinajstić information content (AvgIpc) is 2.55. The molecule has 0 aliphatic carbocycles. The summed E-state index contributed by atoms with van der Waals surface area (Å²) in [6.45, 7) is 1.84. The van der Waals surface area contributed by atoms with Gasteiger partial charge >= 0.3 is 6.03 Å². The first kappa shape index (κ1) is 17.8. The van der Waals surface area contributed by atoms with Crippen LogP contribution in [0.1, 0.15) is 24.0 Å². The fourth-order valence-electron chi connectivity index (χ4n) is 3.33. The normalized spacial score (nSPS) is 16.2. The zero-order chi connectivity index (χ0) is 19.0. The van der Waals surface area contributed by atoms with Gasteiger partial charge in [0, 0.05) is 19.0 Å². The summed E-state index contributed by atoms with van der Waals surface area (Å²) >= 11 is 0. The Balaban J connectivity index is 2.16. The van der Waals surface area contributed by atoms with Crippen LogP contribution in [0.5, 0.6) is 0 Å². The molecule has 4 N–H and O–H groups in total. The molecular weight excluding hydrogens is 345 g/mol. The van der Waals surface area contributed by atoms with Gasteiger partial charge in [-0.1, -0.05) is 19.1 Å². The predicted octanol–water partition coefficient (Wildman–Crippen LogP) is 3.08. The second-order valence-electron chi connectivity index (χ2n) is 6.18. The van der Waals surface area contributed by atoms with Crippen molar-refractivity contribution in [3.05, 3.63) is 58.9 Å². The fourth-order valence-corrected chi connectivity index (χ4v) is 3.33. The number of nitrogens with two attached hydrogens (primary N) is 2. The second-order valence-corrected chi connectivity index (χ2v) is 6.18. The topological polar surface area (TPSA) is 84.7 Å². The summed E-state index contributed by atoms with van der Waals surface area (Å²) in [7, 11) is 0. The molecule has 2 amide bonds. The molecule has 0 saturated heterocycles. The lowest BCUT2D eigenvalue weighted by Crippen LogP contribution is -2.38. The molecule has 0 saturated carbocycles. The minimum atomic E-state index is -0.765. The van der Waals surface area contributed by atoms with Crippen LogP contribution in [0.25, 0.3) is 11.1 Å². The lowest BCUT2D eigenvalue weighted by molar-refractivity contribution is 0.197. The molecule has 5 nitrogen and oxygen atoms in total. The van der Waals surface area contributed by atoms with Crippen molar-refractivity contribution >= 4 is 12.0 Å². The number of amides is 2. The number of aliphatic imine (C=N–C) groups is 1. The highest BCUT2D eigenvalue weighted by molar-refractivity contribution is 5.90. The van der Waals surface area contributed by atoms with Crippen LogP contribution in [0.4, 0.5) is 18.0 Å². The third kappa shape index (κ3) is 3.10. The largest absolute Gasteiger partial charge is 0.370 e. The first-order chi connectivity index (χ1) is 12.3. The average molecular weight is 362 g/mol. The van der Waals surface area contributed by atoms with Gasteiger partial charge in [0.1, 0.15) is 17.5 Å². The number of halogens is 3. The van der Waals surface area contributed by atoms with Crippen LogP contribution < -0.4 is 11.5 Å². The van der Waals surface area contributed by atoms with Gasteiger partial charge in [-0.3, -0.25) is 0 Å². The number of carbonyl (C=O) groups is 1. The molecule has 2 aromatic carbocycles. The standard InChI is InChI=1S/C18H17F3N4O/c1-9-7-25(18(26)24-17(22)23)8-11-10(5-6-14(21)15(9)11)16-12(19)3-2-4-13(16)20/h2-6,9H,7-8H2,1H3,(H4,22,23,24,26). The van der Waals surface area contributed by atoms with Crippen LogP contribution in [0.3, 0.4) is 0 Å². The van der Waals surface area contributed by atoms with Gasteiger partial charge in [-0.15, -0.1) is 0 Å². The van der Waals surface area contributed by atoms with Crippen molar-refractivity contribution in [2.45, 2.75) is 19.4 Å². The van der Waals surface area contributed by atoms with Gasteiger partial charge in [-0.2, -0.15) is 4.99 Å². The summed E-state index contributed by atoms with van der Waals surface area (Å²) in [4.78, 5) is 17.0. The van der Waals surface area contributed by atoms with Crippen LogP contribution in [-0.4, -0.2) is 23.4 Å². The molecular formula is C18H17F3N4O. The third-order valence-corrected chi connectivity index (χ3v) is 4.37. The molecule has 1 atom stereocenters. The zero-order valence-electron chi connectivity index (χ0n) is 14.0. The van der Waals surface area contributed by atoms with E-state index >= 15 is 0 Å². The Hall–Kier alpha value is -3.03. The Morgan fingerprint density at radius 3 is 2.38 bits per heavy atom. The molecule has 3 rings (SSSR count). The van der Waals surface area contributed by atoms with Crippen molar-refractivity contribution in [3.8, 4) is 11.1 Å². The Bertz CT molecular complexity index is 889. The summed E-state index contributed by atoms with van der Waals surface area (Å²) in [5, 5.41) is 0. The van der Waals surface area contributed by atoms with Crippen molar-refractivity contribution in [3.63, 3.8) is 0 Å². The maximum atomic E-state index is 14.4. The van der Waals surface area contributed by atoms with E-state index in [0.29, 0.717) is 11.1 Å². The number of fused-ring (bicyclic) bond motifs is 1. The minimum Gasteiger partial charge on any atom is -0.370 e. The number of nitrogens with zero attached hydrogens (tertiary/aromatic N) is 2. The van der Waals surface area contributed by atoms with Crippen LogP contribution in [0.2, 0.25) is 0 Å². The lowest BCUT2D eigenvalue weighted by atomic mass is 9.85. The van der Waals surface area contributed by atoms with Gasteiger partial charge in [0.05, 0.1) is 5.56 Å². The summed E-state index contributed by atoms with van der Waals surface area (Å²) in [6.07, 6.45) is 0. The molecule has 1 unspecified atom stereocenters. The molecule has 0 aromatic heterocycles. The molecule has 0 radical (unpaired) electrons. The van der Waals surface area contributed by atoms with E-state index in [9.17, 15) is 18.0 Å². The Morgan fingerprint density at radius 2 is 1.77 bits per heavy atom. The van der Waals surface area contributed by atoms with E-state index in [1.807, 2.05) is 0 Å². The van der Waals surface area contributed by atoms with Gasteiger partial charge in [0.25, 0.3) is 0 Å². The maximum Gasteiger partial charge on any atom is 0.347 e. The highest BCUT2D eigenvalue weighted by Gasteiger charge is 2.31. The Labute approximate surface area is 148 Å². The minimum absolute atomic E-state index is 0.0594. The third-order valence-electron chi connectivity index (χ3n) is 4.37. The fraction of sp³-hybridized carbons (Fsp3) is 0.222. The predicted molar refractivity (Wildman–Crippen MR) is 91.8 cm³/mol. The molecule has 0 bridgehead atoms. The number of hydrogen-bond acceptors (Lipinski definition) is 1. The van der Waals surface area contributed by atoms with Gasteiger partial charge in [0.15, 0.2) is 5.96 Å². The lowest BCUT2D eigenvalue weighted by Gasteiger charge is -2.33. The van der Waals surface area contributed by atoms with E-state index < -0.39 is 35.4 Å². The first-order valence-electron chi connectivity index (χ1n) is 7.93. The molecule has 1 heterocycles. The highest BCUT2D eigenvalue weighted by atomic mass is 19.1. The first-order valence-corrected chi connectivity index (χ1v) is 7.93. The molecule has 2 aromatic rings. The number of guanidine groups is 1. The number of rotatable bonds is 1. The number of carbonyl (C=O) groups excluding carboxylic acids is 1. The van der Waals surface area contributed by atoms with Crippen LogP contribution in [0, 0.1) is 17.5 Å². The molecule has 136 valence electrons. The molecule has 26 heavy (non-hydrogen) atoms. The molecule has 1 aliphatic heterocycles. The van der Waals surface area contributed by atoms with Gasteiger partial charge in [0.2, 0.25) is 0 Å². The molecule has 1 aliphatic rings. The highest BCUT2D eigenvalue weighted by Crippen LogP contribution is 2.38. The zero-order valence-corrected chi connectivity index (χ0v) is 14.0. The van der Waals surface area contributed by atoms with Crippen LogP contribution in [-0.2, 0) is 6.54 Å². The Kier molecular flexibility index (Phi) is 4.58. The van der Waals surface area contributed by atoms with E-state index in [1.54, 1.807) is 6.92 Å². The monoisotopic (exact) mass is 362 g/mol. The molecule has 0 fully saturated rings. The second kappa shape index (κ2) is 6.70. The van der Waals surface area contributed by atoms with Crippen LogP contribution in [0.15, 0.2) is 35.3 Å². The van der Waals surface area contributed by atoms with E-state index in [4.69, 9.17) is 11.5 Å². The van der Waals surface area contributed by atoms with Crippen molar-refractivity contribution in [1.29, 1.82) is 0 Å². The SMILES string of the molecule is CC1CN(C(=O)N=C(N)N)Cc2c(-c3c(F)cccc3F)ccc(F)c21. The van der Waals surface area contributed by atoms with Gasteiger partial charge < -0.3 is 16.4 Å². The Morgan fingerprint density at radius 1 is 1.12 bits per heavy atom. The molecule has 8 heteroatoms. The summed E-state index contributed by atoms with van der Waals surface area (Å²) in [5.41, 5.74) is 11.1. The van der Waals surface area contributed by atoms with Crippen molar-refractivity contribution in [2.75, 3.05) is 6.54 Å². The number of benzene rings is 2. The van der Waals surface area contributed by atoms with E-state index in [2.05, 4.69) is 4.99 Å². The van der Waals surface area contributed by atoms with Gasteiger partial charge in [-0.25, -0.2) is 18.0 Å². The summed E-state index contributed by atoms with van der Waals surface area (Å²) in [6, 6.07) is 5.32. The summed E-state index contributed by atoms with van der Waals surface area (Å²) in [5.74, 6) is -2.81. The number of urea groups is 1. The van der Waals surface area contributed by atoms with Crippen molar-refractivity contribution < 1.29 is 18.0 Å². The van der Waals surface area contributed by atoms with E-state index in [1.165, 1.54) is 23.1 Å². The number of hydrogen-bond donors (Lipinski definition) is 2. The van der Waals surface area contributed by atoms with Crippen LogP contribution >= 0.6 is 0 Å². The summed E-state index contributed by atoms with van der Waals surface area (Å²) < 4.78 is 42.9. The quantitative estimate of drug-likeness (QED) is 0.604.